The first-order chi connectivity index (χ1) is 12.1. The molecule has 2 aliphatic rings. The standard InChI is InChI=1S/C19H18FN3O2/c20-16-7-3-4-8-17(16)22-11-9-21(10-12-22)13-23-18(24)14-5-1-2-6-15(14)19(23)25/h1-8H,9-13H2. The zero-order valence-corrected chi connectivity index (χ0v) is 13.7. The molecule has 2 aliphatic heterocycles. The summed E-state index contributed by atoms with van der Waals surface area (Å²) in [6.07, 6.45) is 0. The second-order valence-corrected chi connectivity index (χ2v) is 6.28. The van der Waals surface area contributed by atoms with Gasteiger partial charge in [0, 0.05) is 26.2 Å². The number of anilines is 1. The molecule has 0 unspecified atom stereocenters. The number of para-hydroxylation sites is 1. The molecule has 1 saturated heterocycles. The average Bonchev–Trinajstić information content (AvgIpc) is 2.88. The highest BCUT2D eigenvalue weighted by molar-refractivity contribution is 6.21. The smallest absolute Gasteiger partial charge is 0.262 e. The fourth-order valence-electron chi connectivity index (χ4n) is 3.41. The van der Waals surface area contributed by atoms with E-state index in [0.717, 1.165) is 0 Å². The summed E-state index contributed by atoms with van der Waals surface area (Å²) < 4.78 is 13.9. The molecule has 2 aromatic rings. The molecule has 0 saturated carbocycles. The van der Waals surface area contributed by atoms with E-state index in [4.69, 9.17) is 0 Å². The first-order valence-electron chi connectivity index (χ1n) is 8.32. The van der Waals surface area contributed by atoms with Crippen molar-refractivity contribution >= 4 is 17.5 Å². The SMILES string of the molecule is O=C1c2ccccc2C(=O)N1CN1CCN(c2ccccc2F)CC1. The van der Waals surface area contributed by atoms with Crippen LogP contribution in [-0.4, -0.2) is 54.5 Å². The minimum atomic E-state index is -0.239. The van der Waals surface area contributed by atoms with E-state index in [1.54, 1.807) is 36.4 Å². The molecule has 0 aliphatic carbocycles. The summed E-state index contributed by atoms with van der Waals surface area (Å²) >= 11 is 0. The lowest BCUT2D eigenvalue weighted by Crippen LogP contribution is -2.51. The maximum Gasteiger partial charge on any atom is 0.262 e. The molecule has 25 heavy (non-hydrogen) atoms. The topological polar surface area (TPSA) is 43.9 Å². The summed E-state index contributed by atoms with van der Waals surface area (Å²) in [4.78, 5) is 30.2. The van der Waals surface area contributed by atoms with Crippen LogP contribution in [0.5, 0.6) is 0 Å². The van der Waals surface area contributed by atoms with Crippen LogP contribution in [0.15, 0.2) is 48.5 Å². The minimum Gasteiger partial charge on any atom is -0.367 e. The van der Waals surface area contributed by atoms with E-state index in [1.165, 1.54) is 11.0 Å². The van der Waals surface area contributed by atoms with Crippen molar-refractivity contribution in [2.24, 2.45) is 0 Å². The highest BCUT2D eigenvalue weighted by atomic mass is 19.1. The Morgan fingerprint density at radius 2 is 1.36 bits per heavy atom. The summed E-state index contributed by atoms with van der Waals surface area (Å²) in [6, 6.07) is 13.6. The van der Waals surface area contributed by atoms with Crippen LogP contribution in [0.4, 0.5) is 10.1 Å². The van der Waals surface area contributed by atoms with E-state index in [9.17, 15) is 14.0 Å². The molecule has 0 bridgehead atoms. The van der Waals surface area contributed by atoms with Gasteiger partial charge in [-0.15, -0.1) is 0 Å². The second kappa shape index (κ2) is 6.29. The average molecular weight is 339 g/mol. The zero-order valence-electron chi connectivity index (χ0n) is 13.7. The predicted molar refractivity (Wildman–Crippen MR) is 92.0 cm³/mol. The molecule has 0 N–H and O–H groups in total. The van der Waals surface area contributed by atoms with Gasteiger partial charge in [-0.1, -0.05) is 24.3 Å². The number of carbonyl (C=O) groups is 2. The van der Waals surface area contributed by atoms with Crippen molar-refractivity contribution in [3.05, 3.63) is 65.5 Å². The van der Waals surface area contributed by atoms with Crippen molar-refractivity contribution in [3.63, 3.8) is 0 Å². The van der Waals surface area contributed by atoms with Gasteiger partial charge in [0.1, 0.15) is 5.82 Å². The first kappa shape index (κ1) is 15.8. The number of imide groups is 1. The molecular formula is C19H18FN3O2. The van der Waals surface area contributed by atoms with Gasteiger partial charge in [0.25, 0.3) is 11.8 Å². The molecule has 6 heteroatoms. The van der Waals surface area contributed by atoms with E-state index in [-0.39, 0.29) is 24.3 Å². The molecule has 2 heterocycles. The van der Waals surface area contributed by atoms with Crippen molar-refractivity contribution in [1.82, 2.24) is 9.80 Å². The molecule has 0 radical (unpaired) electrons. The maximum absolute atomic E-state index is 13.9. The molecule has 0 spiro atoms. The van der Waals surface area contributed by atoms with Gasteiger partial charge in [-0.2, -0.15) is 0 Å². The van der Waals surface area contributed by atoms with Gasteiger partial charge < -0.3 is 4.90 Å². The highest BCUT2D eigenvalue weighted by Gasteiger charge is 2.36. The number of hydrogen-bond donors (Lipinski definition) is 0. The van der Waals surface area contributed by atoms with Gasteiger partial charge in [0.2, 0.25) is 0 Å². The van der Waals surface area contributed by atoms with Crippen LogP contribution >= 0.6 is 0 Å². The van der Waals surface area contributed by atoms with Gasteiger partial charge in [-0.05, 0) is 24.3 Å². The van der Waals surface area contributed by atoms with Crippen LogP contribution in [0.3, 0.4) is 0 Å². The number of piperazine rings is 1. The number of amides is 2. The van der Waals surface area contributed by atoms with E-state index < -0.39 is 0 Å². The predicted octanol–water partition coefficient (Wildman–Crippen LogP) is 2.20. The van der Waals surface area contributed by atoms with Gasteiger partial charge in [0.15, 0.2) is 0 Å². The molecule has 4 rings (SSSR count). The molecule has 2 aromatic carbocycles. The second-order valence-electron chi connectivity index (χ2n) is 6.28. The van der Waals surface area contributed by atoms with E-state index in [0.29, 0.717) is 43.0 Å². The molecule has 128 valence electrons. The van der Waals surface area contributed by atoms with Crippen molar-refractivity contribution in [3.8, 4) is 0 Å². The van der Waals surface area contributed by atoms with Crippen molar-refractivity contribution in [2.45, 2.75) is 0 Å². The third kappa shape index (κ3) is 2.78. The number of fused-ring (bicyclic) bond motifs is 1. The number of hydrogen-bond acceptors (Lipinski definition) is 4. The van der Waals surface area contributed by atoms with Crippen LogP contribution in [0.2, 0.25) is 0 Å². The molecule has 2 amide bonds. The van der Waals surface area contributed by atoms with Crippen LogP contribution in [0, 0.1) is 5.82 Å². The Hall–Kier alpha value is -2.73. The van der Waals surface area contributed by atoms with E-state index in [1.807, 2.05) is 11.0 Å². The Balaban J connectivity index is 1.41. The summed E-state index contributed by atoms with van der Waals surface area (Å²) in [5.74, 6) is -0.703. The fourth-order valence-corrected chi connectivity index (χ4v) is 3.41. The van der Waals surface area contributed by atoms with Crippen LogP contribution < -0.4 is 4.90 Å². The lowest BCUT2D eigenvalue weighted by atomic mass is 10.1. The Bertz CT molecular complexity index is 796. The van der Waals surface area contributed by atoms with Gasteiger partial charge in [0.05, 0.1) is 23.5 Å². The van der Waals surface area contributed by atoms with E-state index >= 15 is 0 Å². The number of nitrogens with zero attached hydrogens (tertiary/aromatic N) is 3. The molecule has 0 aromatic heterocycles. The number of halogens is 1. The summed E-state index contributed by atoms with van der Waals surface area (Å²) in [5.41, 5.74) is 1.54. The van der Waals surface area contributed by atoms with Crippen LogP contribution in [0.25, 0.3) is 0 Å². The third-order valence-corrected chi connectivity index (χ3v) is 4.79. The largest absolute Gasteiger partial charge is 0.367 e. The van der Waals surface area contributed by atoms with Crippen LogP contribution in [-0.2, 0) is 0 Å². The van der Waals surface area contributed by atoms with E-state index in [2.05, 4.69) is 4.90 Å². The lowest BCUT2D eigenvalue weighted by Gasteiger charge is -2.37. The highest BCUT2D eigenvalue weighted by Crippen LogP contribution is 2.24. The zero-order chi connectivity index (χ0) is 17.4. The van der Waals surface area contributed by atoms with Crippen molar-refractivity contribution in [2.75, 3.05) is 37.7 Å². The Morgan fingerprint density at radius 1 is 0.800 bits per heavy atom. The summed E-state index contributed by atoms with van der Waals surface area (Å²) in [7, 11) is 0. The minimum absolute atomic E-state index is 0.226. The fraction of sp³-hybridized carbons (Fsp3) is 0.263. The Morgan fingerprint density at radius 3 is 1.96 bits per heavy atom. The van der Waals surface area contributed by atoms with Crippen LogP contribution in [0.1, 0.15) is 20.7 Å². The molecule has 1 fully saturated rings. The number of carbonyl (C=O) groups excluding carboxylic acids is 2. The Labute approximate surface area is 145 Å². The molecule has 0 atom stereocenters. The third-order valence-electron chi connectivity index (χ3n) is 4.79. The normalized spacial score (nSPS) is 18.0. The number of benzene rings is 2. The quantitative estimate of drug-likeness (QED) is 0.804. The lowest BCUT2D eigenvalue weighted by molar-refractivity contribution is 0.0535. The summed E-state index contributed by atoms with van der Waals surface area (Å²) in [6.45, 7) is 2.93. The molecular weight excluding hydrogens is 321 g/mol. The van der Waals surface area contributed by atoms with Crippen molar-refractivity contribution in [1.29, 1.82) is 0 Å². The monoisotopic (exact) mass is 339 g/mol. The number of rotatable bonds is 3. The van der Waals surface area contributed by atoms with Gasteiger partial charge in [-0.25, -0.2) is 4.39 Å². The maximum atomic E-state index is 13.9. The summed E-state index contributed by atoms with van der Waals surface area (Å²) in [5, 5.41) is 0. The van der Waals surface area contributed by atoms with Crippen molar-refractivity contribution < 1.29 is 14.0 Å². The Kier molecular flexibility index (Phi) is 3.97. The van der Waals surface area contributed by atoms with Gasteiger partial charge in [-0.3, -0.25) is 19.4 Å². The first-order valence-corrected chi connectivity index (χ1v) is 8.32. The molecule has 5 nitrogen and oxygen atoms in total. The van der Waals surface area contributed by atoms with Gasteiger partial charge >= 0.3 is 0 Å².